The number of amides is 1. The first kappa shape index (κ1) is 17.1. The van der Waals surface area contributed by atoms with E-state index in [1.807, 2.05) is 0 Å². The number of nitrogens with zero attached hydrogens (tertiary/aromatic N) is 5. The van der Waals surface area contributed by atoms with Gasteiger partial charge in [0, 0.05) is 24.7 Å². The van der Waals surface area contributed by atoms with Crippen LogP contribution in [0.1, 0.15) is 23.2 Å². The minimum absolute atomic E-state index is 0.0455. The summed E-state index contributed by atoms with van der Waals surface area (Å²) in [4.78, 5) is 40.5. The van der Waals surface area contributed by atoms with E-state index in [9.17, 15) is 24.8 Å². The van der Waals surface area contributed by atoms with Gasteiger partial charge >= 0.3 is 5.97 Å². The summed E-state index contributed by atoms with van der Waals surface area (Å²) in [6.45, 7) is 0.507. The number of carbonyl (C=O) groups is 2. The molecule has 1 saturated carbocycles. The highest BCUT2D eigenvalue weighted by Gasteiger charge is 2.47. The molecular formula is C17H17N5O5. The number of carbonyl (C=O) groups excluding carboxylic acids is 1. The van der Waals surface area contributed by atoms with Crippen LogP contribution in [0.25, 0.3) is 5.69 Å². The highest BCUT2D eigenvalue weighted by atomic mass is 16.6. The second kappa shape index (κ2) is 6.45. The third-order valence-corrected chi connectivity index (χ3v) is 5.28. The van der Waals surface area contributed by atoms with Crippen LogP contribution < -0.4 is 0 Å². The number of hydrogen-bond acceptors (Lipinski definition) is 6. The molecule has 27 heavy (non-hydrogen) atoms. The minimum atomic E-state index is -0.894. The third-order valence-electron chi connectivity index (χ3n) is 5.28. The van der Waals surface area contributed by atoms with E-state index in [1.54, 1.807) is 0 Å². The Bertz CT molecular complexity index is 908. The van der Waals surface area contributed by atoms with Crippen LogP contribution in [-0.2, 0) is 4.79 Å². The zero-order valence-corrected chi connectivity index (χ0v) is 14.3. The van der Waals surface area contributed by atoms with E-state index < -0.39 is 22.7 Å². The molecule has 0 bridgehead atoms. The average molecular weight is 371 g/mol. The molecule has 2 heterocycles. The Labute approximate surface area is 153 Å². The summed E-state index contributed by atoms with van der Waals surface area (Å²) in [5.41, 5.74) is 0.0972. The van der Waals surface area contributed by atoms with Crippen LogP contribution in [-0.4, -0.2) is 54.7 Å². The van der Waals surface area contributed by atoms with Crippen molar-refractivity contribution in [2.24, 2.45) is 17.8 Å². The first-order valence-corrected chi connectivity index (χ1v) is 8.61. The summed E-state index contributed by atoms with van der Waals surface area (Å²) in [5, 5.41) is 24.8. The van der Waals surface area contributed by atoms with Gasteiger partial charge in [-0.1, -0.05) is 0 Å². The maximum absolute atomic E-state index is 12.9. The number of nitro groups is 1. The summed E-state index contributed by atoms with van der Waals surface area (Å²) in [7, 11) is 0. The molecule has 1 aliphatic carbocycles. The number of likely N-dealkylation sites (tertiary alicyclic amines) is 1. The molecule has 1 aromatic heterocycles. The lowest BCUT2D eigenvalue weighted by Crippen LogP contribution is -2.30. The van der Waals surface area contributed by atoms with Gasteiger partial charge in [-0.25, -0.2) is 9.67 Å². The van der Waals surface area contributed by atoms with Gasteiger partial charge in [-0.05, 0) is 36.8 Å². The van der Waals surface area contributed by atoms with Crippen molar-refractivity contribution < 1.29 is 19.6 Å². The first-order chi connectivity index (χ1) is 13.0. The Morgan fingerprint density at radius 1 is 1.26 bits per heavy atom. The van der Waals surface area contributed by atoms with E-state index in [2.05, 4.69) is 10.1 Å². The van der Waals surface area contributed by atoms with Crippen LogP contribution >= 0.6 is 0 Å². The highest BCUT2D eigenvalue weighted by molar-refractivity contribution is 5.96. The molecule has 1 aliphatic heterocycles. The SMILES string of the molecule is O=C(O)[C@H]1CN(C(=O)c2ccc(-n3cncn3)c([N+](=O)[O-])c2)C[C@@H]1C1CC1. The molecule has 10 nitrogen and oxygen atoms in total. The zero-order valence-electron chi connectivity index (χ0n) is 14.3. The molecule has 1 aromatic carbocycles. The molecule has 2 atom stereocenters. The average Bonchev–Trinajstić information content (AvgIpc) is 3.18. The predicted octanol–water partition coefficient (Wildman–Crippen LogP) is 1.36. The number of benzene rings is 1. The lowest BCUT2D eigenvalue weighted by molar-refractivity contribution is -0.384. The van der Waals surface area contributed by atoms with E-state index >= 15 is 0 Å². The van der Waals surface area contributed by atoms with Crippen molar-refractivity contribution in [3.05, 3.63) is 46.5 Å². The van der Waals surface area contributed by atoms with Crippen LogP contribution in [0.2, 0.25) is 0 Å². The normalized spacial score (nSPS) is 22.0. The summed E-state index contributed by atoms with van der Waals surface area (Å²) < 4.78 is 1.26. The third kappa shape index (κ3) is 3.14. The van der Waals surface area contributed by atoms with Gasteiger partial charge in [0.2, 0.25) is 0 Å². The van der Waals surface area contributed by atoms with Gasteiger partial charge in [-0.3, -0.25) is 19.7 Å². The molecule has 2 fully saturated rings. The lowest BCUT2D eigenvalue weighted by atomic mass is 9.92. The van der Waals surface area contributed by atoms with Crippen molar-refractivity contribution in [2.45, 2.75) is 12.8 Å². The molecule has 2 aliphatic rings. The van der Waals surface area contributed by atoms with Gasteiger partial charge in [-0.2, -0.15) is 5.10 Å². The van der Waals surface area contributed by atoms with Crippen molar-refractivity contribution in [1.82, 2.24) is 19.7 Å². The molecule has 1 saturated heterocycles. The lowest BCUT2D eigenvalue weighted by Gasteiger charge is -2.16. The minimum Gasteiger partial charge on any atom is -0.481 e. The van der Waals surface area contributed by atoms with Gasteiger partial charge in [0.1, 0.15) is 18.3 Å². The first-order valence-electron chi connectivity index (χ1n) is 8.61. The summed E-state index contributed by atoms with van der Waals surface area (Å²) >= 11 is 0. The molecule has 0 unspecified atom stereocenters. The van der Waals surface area contributed by atoms with E-state index in [0.29, 0.717) is 12.5 Å². The summed E-state index contributed by atoms with van der Waals surface area (Å²) in [6, 6.07) is 4.15. The van der Waals surface area contributed by atoms with Gasteiger partial charge in [0.25, 0.3) is 11.6 Å². The van der Waals surface area contributed by atoms with E-state index in [-0.39, 0.29) is 29.4 Å². The Morgan fingerprint density at radius 2 is 2.04 bits per heavy atom. The Hall–Kier alpha value is -3.30. The molecule has 2 aromatic rings. The van der Waals surface area contributed by atoms with E-state index in [0.717, 1.165) is 12.8 Å². The number of rotatable bonds is 5. The predicted molar refractivity (Wildman–Crippen MR) is 91.3 cm³/mol. The Morgan fingerprint density at radius 3 is 2.63 bits per heavy atom. The topological polar surface area (TPSA) is 131 Å². The smallest absolute Gasteiger partial charge is 0.308 e. The van der Waals surface area contributed by atoms with Gasteiger partial charge < -0.3 is 10.0 Å². The number of aromatic nitrogens is 3. The van der Waals surface area contributed by atoms with Crippen LogP contribution in [0.4, 0.5) is 5.69 Å². The van der Waals surface area contributed by atoms with E-state index in [1.165, 1.54) is 40.4 Å². The second-order valence-corrected chi connectivity index (χ2v) is 6.96. The maximum Gasteiger partial charge on any atom is 0.308 e. The standard InChI is InChI=1S/C17H17N5O5/c23-16(20-6-12(10-1-2-10)13(7-20)17(24)25)11-3-4-14(15(5-11)22(26)27)21-9-18-8-19-21/h3-5,8-10,12-13H,1-2,6-7H2,(H,24,25)/t12-,13+/m1/s1. The number of carboxylic acid groups (broad SMARTS) is 1. The maximum atomic E-state index is 12.9. The molecule has 1 N–H and O–H groups in total. The van der Waals surface area contributed by atoms with Crippen molar-refractivity contribution in [2.75, 3.05) is 13.1 Å². The van der Waals surface area contributed by atoms with Crippen LogP contribution in [0.3, 0.4) is 0 Å². The summed E-state index contributed by atoms with van der Waals surface area (Å²) in [6.07, 6.45) is 4.59. The second-order valence-electron chi connectivity index (χ2n) is 6.96. The zero-order chi connectivity index (χ0) is 19.1. The molecule has 0 radical (unpaired) electrons. The summed E-state index contributed by atoms with van der Waals surface area (Å²) in [5.74, 6) is -1.55. The number of nitro benzene ring substituents is 1. The van der Waals surface area contributed by atoms with Gasteiger partial charge in [-0.15, -0.1) is 0 Å². The molecule has 10 heteroatoms. The van der Waals surface area contributed by atoms with Crippen LogP contribution in [0, 0.1) is 27.9 Å². The fourth-order valence-corrected chi connectivity index (χ4v) is 3.77. The largest absolute Gasteiger partial charge is 0.481 e. The monoisotopic (exact) mass is 371 g/mol. The van der Waals surface area contributed by atoms with Gasteiger partial charge in [0.05, 0.1) is 10.8 Å². The number of carboxylic acids is 1. The Kier molecular flexibility index (Phi) is 4.09. The van der Waals surface area contributed by atoms with Crippen LogP contribution in [0.5, 0.6) is 0 Å². The molecule has 1 amide bonds. The quantitative estimate of drug-likeness (QED) is 0.620. The van der Waals surface area contributed by atoms with Crippen molar-refractivity contribution >= 4 is 17.6 Å². The van der Waals surface area contributed by atoms with Crippen molar-refractivity contribution in [3.63, 3.8) is 0 Å². The Balaban J connectivity index is 1.61. The molecule has 4 rings (SSSR count). The number of hydrogen-bond donors (Lipinski definition) is 1. The van der Waals surface area contributed by atoms with E-state index in [4.69, 9.17) is 0 Å². The highest BCUT2D eigenvalue weighted by Crippen LogP contribution is 2.44. The van der Waals surface area contributed by atoms with Crippen molar-refractivity contribution in [3.8, 4) is 5.69 Å². The van der Waals surface area contributed by atoms with Crippen molar-refractivity contribution in [1.29, 1.82) is 0 Å². The number of aliphatic carboxylic acids is 1. The van der Waals surface area contributed by atoms with Gasteiger partial charge in [0.15, 0.2) is 0 Å². The van der Waals surface area contributed by atoms with Crippen LogP contribution in [0.15, 0.2) is 30.9 Å². The fourth-order valence-electron chi connectivity index (χ4n) is 3.77. The fraction of sp³-hybridized carbons (Fsp3) is 0.412. The molecular weight excluding hydrogens is 354 g/mol. The molecule has 0 spiro atoms. The molecule has 140 valence electrons.